The zero-order chi connectivity index (χ0) is 14.0. The molecule has 0 aliphatic rings. The number of carboxylic acid groups (broad SMARTS) is 1. The third-order valence-electron chi connectivity index (χ3n) is 1.60. The van der Waals surface area contributed by atoms with Gasteiger partial charge in [0, 0.05) is 25.3 Å². The van der Waals surface area contributed by atoms with E-state index in [4.69, 9.17) is 9.84 Å². The van der Waals surface area contributed by atoms with E-state index in [0.29, 0.717) is 25.2 Å². The highest BCUT2D eigenvalue weighted by molar-refractivity contribution is 6.02. The van der Waals surface area contributed by atoms with Gasteiger partial charge in [-0.15, -0.1) is 0 Å². The number of carbonyl (C=O) groups is 3. The summed E-state index contributed by atoms with van der Waals surface area (Å²) < 4.78 is 5.21. The van der Waals surface area contributed by atoms with Crippen LogP contribution in [-0.2, 0) is 14.3 Å². The van der Waals surface area contributed by atoms with Crippen molar-refractivity contribution in [3.63, 3.8) is 0 Å². The number of nitrogens with one attached hydrogen (secondary N) is 2. The number of rotatable bonds is 7. The average Bonchev–Trinajstić information content (AvgIpc) is 2.25. The molecule has 7 heteroatoms. The molecular formula is C11H18N2O5. The van der Waals surface area contributed by atoms with Gasteiger partial charge in [0.1, 0.15) is 0 Å². The standard InChI is InChI=1S/C11H18N2O5/c1-8(2)7-18-6-5-12-11(17)13-9(14)3-4-10(15)16/h3-4,8H,5-7H2,1-2H3,(H,15,16)(H2,12,13,14,17)/b4-3+. The lowest BCUT2D eigenvalue weighted by Gasteiger charge is -2.07. The van der Waals surface area contributed by atoms with E-state index in [1.165, 1.54) is 0 Å². The highest BCUT2D eigenvalue weighted by Crippen LogP contribution is 1.90. The van der Waals surface area contributed by atoms with Crippen molar-refractivity contribution in [1.29, 1.82) is 0 Å². The monoisotopic (exact) mass is 258 g/mol. The summed E-state index contributed by atoms with van der Waals surface area (Å²) in [6, 6.07) is -0.691. The Labute approximate surface area is 105 Å². The highest BCUT2D eigenvalue weighted by Gasteiger charge is 2.04. The van der Waals surface area contributed by atoms with Crippen LogP contribution in [0.25, 0.3) is 0 Å². The number of hydrogen-bond donors (Lipinski definition) is 3. The summed E-state index contributed by atoms with van der Waals surface area (Å²) in [5.74, 6) is -1.63. The number of hydrogen-bond acceptors (Lipinski definition) is 4. The van der Waals surface area contributed by atoms with Crippen LogP contribution in [0, 0.1) is 5.92 Å². The molecule has 3 amide bonds. The molecule has 7 nitrogen and oxygen atoms in total. The molecule has 0 aromatic carbocycles. The number of ether oxygens (including phenoxy) is 1. The van der Waals surface area contributed by atoms with E-state index in [9.17, 15) is 14.4 Å². The molecule has 0 bridgehead atoms. The van der Waals surface area contributed by atoms with Crippen LogP contribution in [0.2, 0.25) is 0 Å². The molecule has 18 heavy (non-hydrogen) atoms. The maximum atomic E-state index is 11.1. The number of carboxylic acids is 1. The van der Waals surface area contributed by atoms with Crippen LogP contribution >= 0.6 is 0 Å². The van der Waals surface area contributed by atoms with E-state index >= 15 is 0 Å². The molecule has 0 radical (unpaired) electrons. The quantitative estimate of drug-likeness (QED) is 0.444. The molecule has 102 valence electrons. The van der Waals surface area contributed by atoms with Crippen molar-refractivity contribution in [3.05, 3.63) is 12.2 Å². The summed E-state index contributed by atoms with van der Waals surface area (Å²) in [5, 5.41) is 12.6. The second-order valence-corrected chi connectivity index (χ2v) is 3.89. The number of imide groups is 1. The average molecular weight is 258 g/mol. The van der Waals surface area contributed by atoms with Crippen LogP contribution in [0.4, 0.5) is 4.79 Å². The zero-order valence-corrected chi connectivity index (χ0v) is 10.4. The van der Waals surface area contributed by atoms with Crippen LogP contribution in [0.15, 0.2) is 12.2 Å². The largest absolute Gasteiger partial charge is 0.478 e. The van der Waals surface area contributed by atoms with Crippen molar-refractivity contribution in [2.75, 3.05) is 19.8 Å². The van der Waals surface area contributed by atoms with Gasteiger partial charge < -0.3 is 15.2 Å². The van der Waals surface area contributed by atoms with Gasteiger partial charge in [-0.25, -0.2) is 9.59 Å². The van der Waals surface area contributed by atoms with Gasteiger partial charge in [-0.3, -0.25) is 10.1 Å². The van der Waals surface area contributed by atoms with E-state index in [0.717, 1.165) is 6.08 Å². The third-order valence-corrected chi connectivity index (χ3v) is 1.60. The summed E-state index contributed by atoms with van der Waals surface area (Å²) in [6.07, 6.45) is 1.41. The van der Waals surface area contributed by atoms with Gasteiger partial charge in [0.25, 0.3) is 5.91 Å². The molecule has 0 saturated carbocycles. The van der Waals surface area contributed by atoms with Gasteiger partial charge in [0.2, 0.25) is 0 Å². The number of aliphatic carboxylic acids is 1. The first-order valence-electron chi connectivity index (χ1n) is 5.49. The molecule has 0 rings (SSSR count). The first-order chi connectivity index (χ1) is 8.41. The first-order valence-corrected chi connectivity index (χ1v) is 5.49. The minimum absolute atomic E-state index is 0.272. The second kappa shape index (κ2) is 9.17. The van der Waals surface area contributed by atoms with E-state index < -0.39 is 17.9 Å². The number of urea groups is 1. The lowest BCUT2D eigenvalue weighted by atomic mass is 10.2. The fraction of sp³-hybridized carbons (Fsp3) is 0.545. The van der Waals surface area contributed by atoms with Crippen molar-refractivity contribution in [2.45, 2.75) is 13.8 Å². The smallest absolute Gasteiger partial charge is 0.328 e. The Balaban J connectivity index is 3.65. The lowest BCUT2D eigenvalue weighted by molar-refractivity contribution is -0.131. The van der Waals surface area contributed by atoms with Crippen LogP contribution < -0.4 is 10.6 Å². The summed E-state index contributed by atoms with van der Waals surface area (Å²) in [7, 11) is 0. The van der Waals surface area contributed by atoms with Crippen LogP contribution in [0.5, 0.6) is 0 Å². The Hall–Kier alpha value is -1.89. The SMILES string of the molecule is CC(C)COCCNC(=O)NC(=O)/C=C/C(=O)O. The van der Waals surface area contributed by atoms with Crippen molar-refractivity contribution in [3.8, 4) is 0 Å². The molecule has 0 aromatic rings. The Kier molecular flexibility index (Phi) is 8.21. The fourth-order valence-electron chi connectivity index (χ4n) is 0.900. The van der Waals surface area contributed by atoms with Gasteiger partial charge in [0.15, 0.2) is 0 Å². The molecule has 0 unspecified atom stereocenters. The summed E-state index contributed by atoms with van der Waals surface area (Å²) in [6.45, 7) is 5.24. The lowest BCUT2D eigenvalue weighted by Crippen LogP contribution is -2.40. The van der Waals surface area contributed by atoms with E-state index in [-0.39, 0.29) is 6.54 Å². The van der Waals surface area contributed by atoms with E-state index in [2.05, 4.69) is 5.32 Å². The molecule has 0 heterocycles. The Bertz CT molecular complexity index is 325. The maximum Gasteiger partial charge on any atom is 0.328 e. The van der Waals surface area contributed by atoms with Gasteiger partial charge in [-0.2, -0.15) is 0 Å². The zero-order valence-electron chi connectivity index (χ0n) is 10.4. The maximum absolute atomic E-state index is 11.1. The van der Waals surface area contributed by atoms with Gasteiger partial charge in [-0.1, -0.05) is 13.8 Å². The summed E-state index contributed by atoms with van der Waals surface area (Å²) in [5.41, 5.74) is 0. The Morgan fingerprint density at radius 3 is 2.50 bits per heavy atom. The molecule has 0 fully saturated rings. The van der Waals surface area contributed by atoms with Crippen LogP contribution in [0.3, 0.4) is 0 Å². The van der Waals surface area contributed by atoms with Crippen molar-refractivity contribution >= 4 is 17.9 Å². The molecule has 0 atom stereocenters. The summed E-state index contributed by atoms with van der Waals surface area (Å²) in [4.78, 5) is 32.2. The van der Waals surface area contributed by atoms with Crippen molar-refractivity contribution in [1.82, 2.24) is 10.6 Å². The molecular weight excluding hydrogens is 240 g/mol. The molecule has 3 N–H and O–H groups in total. The van der Waals surface area contributed by atoms with Crippen molar-refractivity contribution in [2.24, 2.45) is 5.92 Å². The summed E-state index contributed by atoms with van der Waals surface area (Å²) >= 11 is 0. The molecule has 0 aromatic heterocycles. The fourth-order valence-corrected chi connectivity index (χ4v) is 0.900. The van der Waals surface area contributed by atoms with Crippen LogP contribution in [-0.4, -0.2) is 42.8 Å². The normalized spacial score (nSPS) is 10.6. The van der Waals surface area contributed by atoms with Gasteiger partial charge in [-0.05, 0) is 5.92 Å². The minimum Gasteiger partial charge on any atom is -0.478 e. The van der Waals surface area contributed by atoms with Gasteiger partial charge in [0.05, 0.1) is 6.61 Å². The minimum atomic E-state index is -1.26. The van der Waals surface area contributed by atoms with Gasteiger partial charge >= 0.3 is 12.0 Å². The van der Waals surface area contributed by atoms with E-state index in [1.807, 2.05) is 19.2 Å². The van der Waals surface area contributed by atoms with Crippen LogP contribution in [0.1, 0.15) is 13.8 Å². The number of amides is 3. The Morgan fingerprint density at radius 2 is 1.94 bits per heavy atom. The third kappa shape index (κ3) is 10.6. The molecule has 0 spiro atoms. The predicted octanol–water partition coefficient (Wildman–Crippen LogP) is 0.126. The van der Waals surface area contributed by atoms with Crippen molar-refractivity contribution < 1.29 is 24.2 Å². The topological polar surface area (TPSA) is 105 Å². The predicted molar refractivity (Wildman–Crippen MR) is 64.0 cm³/mol. The molecule has 0 saturated heterocycles. The second-order valence-electron chi connectivity index (χ2n) is 3.89. The molecule has 0 aliphatic heterocycles. The molecule has 0 aliphatic carbocycles. The number of carbonyl (C=O) groups excluding carboxylic acids is 2. The Morgan fingerprint density at radius 1 is 1.28 bits per heavy atom. The first kappa shape index (κ1) is 16.1. The van der Waals surface area contributed by atoms with E-state index in [1.54, 1.807) is 0 Å². The highest BCUT2D eigenvalue weighted by atomic mass is 16.5.